The minimum absolute atomic E-state index is 0. The van der Waals surface area contributed by atoms with Crippen molar-refractivity contribution >= 4 is 56.9 Å². The summed E-state index contributed by atoms with van der Waals surface area (Å²) in [5.74, 6) is 0.637. The summed E-state index contributed by atoms with van der Waals surface area (Å²) in [6.07, 6.45) is 3.72. The van der Waals surface area contributed by atoms with Crippen molar-refractivity contribution in [1.29, 1.82) is 0 Å². The molecule has 0 aliphatic rings. The van der Waals surface area contributed by atoms with Gasteiger partial charge in [-0.2, -0.15) is 0 Å². The van der Waals surface area contributed by atoms with Crippen LogP contribution in [0, 0.1) is 0 Å². The van der Waals surface area contributed by atoms with Crippen molar-refractivity contribution in [3.63, 3.8) is 0 Å². The molecule has 33 heavy (non-hydrogen) atoms. The monoisotopic (exact) mass is 456 g/mol. The maximum atomic E-state index is 12.8. The normalized spacial score (nSPS) is 11.2. The van der Waals surface area contributed by atoms with Crippen molar-refractivity contribution in [2.24, 2.45) is 0 Å². The van der Waals surface area contributed by atoms with Crippen LogP contribution in [0.15, 0.2) is 83.6 Å². The Bertz CT molecular complexity index is 1630. The third-order valence-electron chi connectivity index (χ3n) is 5.84. The second-order valence-corrected chi connectivity index (χ2v) is 7.82. The fourth-order valence-electron chi connectivity index (χ4n) is 4.16. The first-order valence-corrected chi connectivity index (χ1v) is 10.6. The second-order valence-electron chi connectivity index (χ2n) is 7.82. The molecule has 3 heterocycles. The van der Waals surface area contributed by atoms with E-state index in [0.717, 1.165) is 50.8 Å². The maximum absolute atomic E-state index is 12.8. The Balaban J connectivity index is 0.00000228. The van der Waals surface area contributed by atoms with Gasteiger partial charge in [0.1, 0.15) is 11.4 Å². The van der Waals surface area contributed by atoms with Gasteiger partial charge in [0.25, 0.3) is 5.91 Å². The van der Waals surface area contributed by atoms with E-state index in [2.05, 4.69) is 21.8 Å². The van der Waals surface area contributed by atoms with Gasteiger partial charge >= 0.3 is 0 Å². The first-order chi connectivity index (χ1) is 15.7. The van der Waals surface area contributed by atoms with Gasteiger partial charge in [-0.25, -0.2) is 4.98 Å². The zero-order chi connectivity index (χ0) is 21.7. The van der Waals surface area contributed by atoms with Gasteiger partial charge in [0.15, 0.2) is 0 Å². The summed E-state index contributed by atoms with van der Waals surface area (Å²) in [6, 6.07) is 21.4. The number of H-pyrrole nitrogens is 1. The molecule has 0 aliphatic carbocycles. The molecule has 6 nitrogen and oxygen atoms in total. The third-order valence-corrected chi connectivity index (χ3v) is 5.84. The summed E-state index contributed by atoms with van der Waals surface area (Å²) < 4.78 is 7.57. The molecule has 3 aromatic carbocycles. The molecule has 6 aromatic rings. The average molecular weight is 457 g/mol. The van der Waals surface area contributed by atoms with Crippen molar-refractivity contribution < 1.29 is 9.21 Å². The molecular formula is C26H21ClN4O2. The van der Waals surface area contributed by atoms with E-state index < -0.39 is 0 Å². The first kappa shape index (κ1) is 20.8. The highest BCUT2D eigenvalue weighted by atomic mass is 35.5. The zero-order valence-electron chi connectivity index (χ0n) is 17.8. The van der Waals surface area contributed by atoms with Crippen LogP contribution in [-0.4, -0.2) is 20.4 Å². The largest absolute Gasteiger partial charge is 0.464 e. The number of carbonyl (C=O) groups is 1. The fraction of sp³-hybridized carbons (Fsp3) is 0.0769. The molecule has 0 radical (unpaired) electrons. The number of amides is 1. The van der Waals surface area contributed by atoms with Gasteiger partial charge in [-0.1, -0.05) is 0 Å². The smallest absolute Gasteiger partial charge is 0.255 e. The quantitative estimate of drug-likeness (QED) is 0.313. The highest BCUT2D eigenvalue weighted by Crippen LogP contribution is 2.27. The van der Waals surface area contributed by atoms with E-state index in [4.69, 9.17) is 9.40 Å². The average Bonchev–Trinajstić information content (AvgIpc) is 3.54. The minimum Gasteiger partial charge on any atom is -0.464 e. The SMILES string of the molecule is CCn1ccc2cc(C(=O)Nc3ccc4nc(-c5ccc6occc6c5)[nH]c4c3)ccc21.Cl. The Labute approximate surface area is 195 Å². The van der Waals surface area contributed by atoms with Crippen molar-refractivity contribution in [3.8, 4) is 11.4 Å². The summed E-state index contributed by atoms with van der Waals surface area (Å²) in [4.78, 5) is 20.9. The number of hydrogen-bond acceptors (Lipinski definition) is 3. The van der Waals surface area contributed by atoms with Crippen molar-refractivity contribution in [3.05, 3.63) is 84.8 Å². The molecule has 7 heteroatoms. The van der Waals surface area contributed by atoms with Crippen LogP contribution >= 0.6 is 12.4 Å². The first-order valence-electron chi connectivity index (χ1n) is 10.6. The molecule has 3 aromatic heterocycles. The summed E-state index contributed by atoms with van der Waals surface area (Å²) in [6.45, 7) is 3.00. The number of aromatic nitrogens is 3. The number of nitrogens with zero attached hydrogens (tertiary/aromatic N) is 2. The van der Waals surface area contributed by atoms with Crippen molar-refractivity contribution in [2.45, 2.75) is 13.5 Å². The van der Waals surface area contributed by atoms with Crippen molar-refractivity contribution in [1.82, 2.24) is 14.5 Å². The van der Waals surface area contributed by atoms with Crippen LogP contribution in [0.25, 0.3) is 44.3 Å². The molecule has 0 atom stereocenters. The van der Waals surface area contributed by atoms with E-state index >= 15 is 0 Å². The van der Waals surface area contributed by atoms with E-state index in [-0.39, 0.29) is 18.3 Å². The zero-order valence-corrected chi connectivity index (χ0v) is 18.6. The molecular weight excluding hydrogens is 436 g/mol. The molecule has 1 amide bonds. The van der Waals surface area contributed by atoms with Crippen LogP contribution in [0.2, 0.25) is 0 Å². The van der Waals surface area contributed by atoms with E-state index in [1.165, 1.54) is 0 Å². The van der Waals surface area contributed by atoms with Crippen LogP contribution in [0.3, 0.4) is 0 Å². The number of aryl methyl sites for hydroxylation is 1. The number of fused-ring (bicyclic) bond motifs is 3. The van der Waals surface area contributed by atoms with E-state index in [1.807, 2.05) is 72.9 Å². The topological polar surface area (TPSA) is 75.8 Å². The molecule has 0 fully saturated rings. The number of hydrogen-bond donors (Lipinski definition) is 2. The van der Waals surface area contributed by atoms with Gasteiger partial charge in [-0.3, -0.25) is 4.79 Å². The standard InChI is InChI=1S/C26H20N4O2.ClH/c1-2-30-11-9-16-13-19(3-7-23(16)30)26(31)27-20-5-6-21-22(15-20)29-25(28-21)18-4-8-24-17(14-18)10-12-32-24;/h3-15H,2H2,1H3,(H,27,31)(H,28,29);1H. The lowest BCUT2D eigenvalue weighted by molar-refractivity contribution is 0.102. The Morgan fingerprint density at radius 3 is 2.82 bits per heavy atom. The van der Waals surface area contributed by atoms with Crippen LogP contribution in [0.5, 0.6) is 0 Å². The summed E-state index contributed by atoms with van der Waals surface area (Å²) in [5, 5.41) is 5.09. The Hall–Kier alpha value is -4.03. The lowest BCUT2D eigenvalue weighted by Crippen LogP contribution is -2.11. The molecule has 2 N–H and O–H groups in total. The number of benzene rings is 3. The van der Waals surface area contributed by atoms with Gasteiger partial charge in [-0.05, 0) is 73.7 Å². The molecule has 164 valence electrons. The molecule has 0 aliphatic heterocycles. The minimum atomic E-state index is -0.138. The summed E-state index contributed by atoms with van der Waals surface area (Å²) in [5.41, 5.74) is 6.00. The lowest BCUT2D eigenvalue weighted by atomic mass is 10.1. The van der Waals surface area contributed by atoms with Gasteiger partial charge in [0, 0.05) is 45.8 Å². The molecule has 0 saturated carbocycles. The van der Waals surface area contributed by atoms with Gasteiger partial charge in [0.05, 0.1) is 17.3 Å². The van der Waals surface area contributed by atoms with Gasteiger partial charge < -0.3 is 19.3 Å². The number of halogens is 1. The molecule has 0 saturated heterocycles. The number of aromatic amines is 1. The fourth-order valence-corrected chi connectivity index (χ4v) is 4.16. The summed E-state index contributed by atoms with van der Waals surface area (Å²) in [7, 11) is 0. The number of furan rings is 1. The van der Waals surface area contributed by atoms with Crippen LogP contribution in [-0.2, 0) is 6.54 Å². The number of anilines is 1. The Morgan fingerprint density at radius 1 is 1.03 bits per heavy atom. The van der Waals surface area contributed by atoms with Gasteiger partial charge in [-0.15, -0.1) is 12.4 Å². The molecule has 0 unspecified atom stereocenters. The number of carbonyl (C=O) groups excluding carboxylic acids is 1. The number of nitrogens with one attached hydrogen (secondary N) is 2. The lowest BCUT2D eigenvalue weighted by Gasteiger charge is -2.06. The predicted molar refractivity (Wildman–Crippen MR) is 134 cm³/mol. The predicted octanol–water partition coefficient (Wildman–Crippen LogP) is 6.62. The highest BCUT2D eigenvalue weighted by molar-refractivity contribution is 6.07. The van der Waals surface area contributed by atoms with Crippen LogP contribution in [0.4, 0.5) is 5.69 Å². The molecule has 6 rings (SSSR count). The van der Waals surface area contributed by atoms with Gasteiger partial charge in [0.2, 0.25) is 0 Å². The van der Waals surface area contributed by atoms with E-state index in [9.17, 15) is 4.79 Å². The number of imidazole rings is 1. The van der Waals surface area contributed by atoms with Crippen LogP contribution < -0.4 is 5.32 Å². The van der Waals surface area contributed by atoms with E-state index in [0.29, 0.717) is 11.3 Å². The Kier molecular flexibility index (Phi) is 5.15. The second kappa shape index (κ2) is 8.15. The third kappa shape index (κ3) is 3.64. The number of rotatable bonds is 4. The van der Waals surface area contributed by atoms with E-state index in [1.54, 1.807) is 6.26 Å². The molecule has 0 spiro atoms. The Morgan fingerprint density at radius 2 is 1.94 bits per heavy atom. The van der Waals surface area contributed by atoms with Crippen molar-refractivity contribution in [2.75, 3.05) is 5.32 Å². The maximum Gasteiger partial charge on any atom is 0.255 e. The molecule has 0 bridgehead atoms. The van der Waals surface area contributed by atoms with Crippen LogP contribution in [0.1, 0.15) is 17.3 Å². The highest BCUT2D eigenvalue weighted by Gasteiger charge is 2.11. The summed E-state index contributed by atoms with van der Waals surface area (Å²) >= 11 is 0.